The van der Waals surface area contributed by atoms with Gasteiger partial charge in [-0.05, 0) is 25.6 Å². The molecule has 0 fully saturated rings. The van der Waals surface area contributed by atoms with Crippen LogP contribution in [-0.2, 0) is 6.16 Å². The molecule has 0 aliphatic rings. The van der Waals surface area contributed by atoms with Gasteiger partial charge in [0.25, 0.3) is 0 Å². The van der Waals surface area contributed by atoms with Crippen molar-refractivity contribution in [1.82, 2.24) is 0 Å². The Hall–Kier alpha value is -0.0600. The summed E-state index contributed by atoms with van der Waals surface area (Å²) in [6.45, 7) is 4.27. The van der Waals surface area contributed by atoms with E-state index in [0.717, 1.165) is 6.16 Å². The van der Waals surface area contributed by atoms with E-state index in [1.54, 1.807) is 0 Å². The Morgan fingerprint density at radius 2 is 1.55 bits per heavy atom. The molecule has 0 aliphatic heterocycles. The van der Waals surface area contributed by atoms with Crippen LogP contribution >= 0.6 is 21.6 Å². The molecule has 1 aromatic rings. The second kappa shape index (κ2) is 4.74. The third-order valence-electron chi connectivity index (χ3n) is 1.52. The third-order valence-corrected chi connectivity index (χ3v) is 1.99. The SMILES string of the molecule is Cc1cc(C)cc(CP)c1.Cl. The van der Waals surface area contributed by atoms with Gasteiger partial charge in [0.15, 0.2) is 0 Å². The zero-order valence-electron chi connectivity index (χ0n) is 6.92. The van der Waals surface area contributed by atoms with Crippen LogP contribution in [0.3, 0.4) is 0 Å². The summed E-state index contributed by atoms with van der Waals surface area (Å²) < 4.78 is 0. The fourth-order valence-electron chi connectivity index (χ4n) is 1.19. The molecule has 1 rings (SSSR count). The topological polar surface area (TPSA) is 0 Å². The predicted molar refractivity (Wildman–Crippen MR) is 56.6 cm³/mol. The molecule has 0 aliphatic carbocycles. The molecule has 0 heterocycles. The van der Waals surface area contributed by atoms with E-state index < -0.39 is 0 Å². The minimum Gasteiger partial charge on any atom is -0.147 e. The molecule has 0 saturated carbocycles. The summed E-state index contributed by atoms with van der Waals surface area (Å²) in [6, 6.07) is 6.64. The highest BCUT2D eigenvalue weighted by Crippen LogP contribution is 2.11. The minimum atomic E-state index is 0. The van der Waals surface area contributed by atoms with Crippen molar-refractivity contribution < 1.29 is 0 Å². The first kappa shape index (κ1) is 10.9. The number of halogens is 1. The van der Waals surface area contributed by atoms with E-state index in [1.165, 1.54) is 16.7 Å². The summed E-state index contributed by atoms with van der Waals surface area (Å²) in [5.41, 5.74) is 4.12. The molecule has 0 bridgehead atoms. The van der Waals surface area contributed by atoms with Crippen molar-refractivity contribution in [2.75, 3.05) is 0 Å². The van der Waals surface area contributed by atoms with E-state index in [-0.39, 0.29) is 12.4 Å². The van der Waals surface area contributed by atoms with Gasteiger partial charge in [0.1, 0.15) is 0 Å². The van der Waals surface area contributed by atoms with Gasteiger partial charge in [0, 0.05) is 0 Å². The van der Waals surface area contributed by atoms with Gasteiger partial charge in [-0.3, -0.25) is 0 Å². The standard InChI is InChI=1S/C9H13P.ClH/c1-7-3-8(2)5-9(4-7)6-10;/h3-5H,6,10H2,1-2H3;1H. The van der Waals surface area contributed by atoms with Gasteiger partial charge >= 0.3 is 0 Å². The highest BCUT2D eigenvalue weighted by molar-refractivity contribution is 7.15. The lowest BCUT2D eigenvalue weighted by atomic mass is 10.1. The Morgan fingerprint density at radius 1 is 1.09 bits per heavy atom. The Morgan fingerprint density at radius 3 is 1.91 bits per heavy atom. The second-order valence-electron chi connectivity index (χ2n) is 2.70. The maximum atomic E-state index is 2.74. The molecule has 1 aromatic carbocycles. The molecular formula is C9H14ClP. The Kier molecular flexibility index (Phi) is 4.72. The lowest BCUT2D eigenvalue weighted by molar-refractivity contribution is 1.30. The first-order valence-corrected chi connectivity index (χ1v) is 4.31. The van der Waals surface area contributed by atoms with Crippen molar-refractivity contribution in [2.45, 2.75) is 20.0 Å². The minimum absolute atomic E-state index is 0. The monoisotopic (exact) mass is 188 g/mol. The molecule has 2 heteroatoms. The van der Waals surface area contributed by atoms with E-state index in [1.807, 2.05) is 0 Å². The molecule has 0 nitrogen and oxygen atoms in total. The summed E-state index contributed by atoms with van der Waals surface area (Å²) in [5, 5.41) is 0. The van der Waals surface area contributed by atoms with Crippen molar-refractivity contribution >= 4 is 21.6 Å². The fourth-order valence-corrected chi connectivity index (χ4v) is 1.42. The Balaban J connectivity index is 0.000001000. The Labute approximate surface area is 77.0 Å². The highest BCUT2D eigenvalue weighted by atomic mass is 35.5. The van der Waals surface area contributed by atoms with Crippen molar-refractivity contribution in [3.63, 3.8) is 0 Å². The van der Waals surface area contributed by atoms with Crippen LogP contribution in [0.2, 0.25) is 0 Å². The summed E-state index contributed by atoms with van der Waals surface area (Å²) in [6.07, 6.45) is 1.06. The molecule has 0 amide bonds. The molecular weight excluding hydrogens is 175 g/mol. The van der Waals surface area contributed by atoms with Gasteiger partial charge in [-0.1, -0.05) is 29.3 Å². The zero-order valence-corrected chi connectivity index (χ0v) is 8.90. The molecule has 1 atom stereocenters. The van der Waals surface area contributed by atoms with Crippen LogP contribution in [0.15, 0.2) is 18.2 Å². The normalized spacial score (nSPS) is 9.00. The maximum Gasteiger partial charge on any atom is -0.0128 e. The van der Waals surface area contributed by atoms with Gasteiger partial charge < -0.3 is 0 Å². The lowest BCUT2D eigenvalue weighted by Gasteiger charge is -2.00. The average molecular weight is 189 g/mol. The molecule has 62 valence electrons. The summed E-state index contributed by atoms with van der Waals surface area (Å²) >= 11 is 0. The number of aryl methyl sites for hydroxylation is 2. The van der Waals surface area contributed by atoms with Gasteiger partial charge in [-0.15, -0.1) is 21.6 Å². The number of benzene rings is 1. The third kappa shape index (κ3) is 3.22. The van der Waals surface area contributed by atoms with Crippen LogP contribution in [0.1, 0.15) is 16.7 Å². The van der Waals surface area contributed by atoms with Gasteiger partial charge in [-0.25, -0.2) is 0 Å². The number of rotatable bonds is 1. The molecule has 0 N–H and O–H groups in total. The van der Waals surface area contributed by atoms with Gasteiger partial charge in [-0.2, -0.15) is 0 Å². The van der Waals surface area contributed by atoms with Crippen LogP contribution in [-0.4, -0.2) is 0 Å². The summed E-state index contributed by atoms with van der Waals surface area (Å²) in [5.74, 6) is 0. The largest absolute Gasteiger partial charge is 0.147 e. The highest BCUT2D eigenvalue weighted by Gasteiger charge is 1.91. The quantitative estimate of drug-likeness (QED) is 0.595. The van der Waals surface area contributed by atoms with E-state index in [0.29, 0.717) is 0 Å². The fraction of sp³-hybridized carbons (Fsp3) is 0.333. The number of hydrogen-bond donors (Lipinski definition) is 0. The first-order chi connectivity index (χ1) is 4.72. The molecule has 11 heavy (non-hydrogen) atoms. The smallest absolute Gasteiger partial charge is 0.0128 e. The maximum absolute atomic E-state index is 2.74. The van der Waals surface area contributed by atoms with Gasteiger partial charge in [0.05, 0.1) is 0 Å². The number of hydrogen-bond acceptors (Lipinski definition) is 0. The van der Waals surface area contributed by atoms with E-state index >= 15 is 0 Å². The summed E-state index contributed by atoms with van der Waals surface area (Å²) in [4.78, 5) is 0. The Bertz CT molecular complexity index is 213. The van der Waals surface area contributed by atoms with Gasteiger partial charge in [0.2, 0.25) is 0 Å². The van der Waals surface area contributed by atoms with Crippen LogP contribution in [0.5, 0.6) is 0 Å². The van der Waals surface area contributed by atoms with E-state index in [2.05, 4.69) is 41.3 Å². The van der Waals surface area contributed by atoms with Crippen LogP contribution < -0.4 is 0 Å². The van der Waals surface area contributed by atoms with Crippen LogP contribution in [0.25, 0.3) is 0 Å². The average Bonchev–Trinajstić information content (AvgIpc) is 1.85. The van der Waals surface area contributed by atoms with E-state index in [9.17, 15) is 0 Å². The van der Waals surface area contributed by atoms with Crippen LogP contribution in [0, 0.1) is 13.8 Å². The van der Waals surface area contributed by atoms with Crippen molar-refractivity contribution in [3.05, 3.63) is 34.9 Å². The molecule has 0 spiro atoms. The zero-order chi connectivity index (χ0) is 7.56. The molecule has 0 saturated heterocycles. The van der Waals surface area contributed by atoms with Crippen molar-refractivity contribution in [3.8, 4) is 0 Å². The first-order valence-electron chi connectivity index (χ1n) is 3.49. The lowest BCUT2D eigenvalue weighted by Crippen LogP contribution is -1.81. The predicted octanol–water partition coefficient (Wildman–Crippen LogP) is 3.10. The van der Waals surface area contributed by atoms with Crippen molar-refractivity contribution in [2.24, 2.45) is 0 Å². The second-order valence-corrected chi connectivity index (χ2v) is 3.11. The molecule has 1 unspecified atom stereocenters. The van der Waals surface area contributed by atoms with E-state index in [4.69, 9.17) is 0 Å². The molecule has 0 aromatic heterocycles. The summed E-state index contributed by atoms with van der Waals surface area (Å²) in [7, 11) is 2.74. The van der Waals surface area contributed by atoms with Crippen molar-refractivity contribution in [1.29, 1.82) is 0 Å². The molecule has 0 radical (unpaired) electrons. The van der Waals surface area contributed by atoms with Crippen LogP contribution in [0.4, 0.5) is 0 Å².